The van der Waals surface area contributed by atoms with Gasteiger partial charge in [-0.25, -0.2) is 0 Å². The summed E-state index contributed by atoms with van der Waals surface area (Å²) in [5, 5.41) is 5.51. The van der Waals surface area contributed by atoms with Crippen LogP contribution in [0.1, 0.15) is 23.6 Å². The molecule has 1 fully saturated rings. The third-order valence-electron chi connectivity index (χ3n) is 5.70. The number of hydrogen-bond donors (Lipinski definition) is 2. The number of ether oxygens (including phenoxy) is 3. The van der Waals surface area contributed by atoms with E-state index in [9.17, 15) is 9.59 Å². The van der Waals surface area contributed by atoms with Crippen LogP contribution in [0.2, 0.25) is 0 Å². The quantitative estimate of drug-likeness (QED) is 0.480. The van der Waals surface area contributed by atoms with Crippen LogP contribution in [0.25, 0.3) is 0 Å². The first-order valence-corrected chi connectivity index (χ1v) is 11.0. The van der Waals surface area contributed by atoms with E-state index in [4.69, 9.17) is 14.2 Å². The van der Waals surface area contributed by atoms with Crippen molar-refractivity contribution in [3.05, 3.63) is 59.7 Å². The predicted molar refractivity (Wildman–Crippen MR) is 118 cm³/mol. The number of fused-ring (bicyclic) bond motifs is 1. The Bertz CT molecular complexity index is 915. The minimum absolute atomic E-state index is 0.0942. The van der Waals surface area contributed by atoms with Gasteiger partial charge in [0, 0.05) is 26.2 Å². The second kappa shape index (κ2) is 11.0. The highest BCUT2D eigenvalue weighted by molar-refractivity contribution is 6.35. The van der Waals surface area contributed by atoms with Crippen LogP contribution in [0.3, 0.4) is 0 Å². The van der Waals surface area contributed by atoms with E-state index in [1.165, 1.54) is 5.56 Å². The minimum atomic E-state index is -0.622. The molecule has 0 spiro atoms. The maximum absolute atomic E-state index is 12.4. The topological polar surface area (TPSA) is 89.1 Å². The van der Waals surface area contributed by atoms with Gasteiger partial charge in [0.2, 0.25) is 6.79 Å². The van der Waals surface area contributed by atoms with Crippen LogP contribution in [-0.4, -0.2) is 62.9 Å². The van der Waals surface area contributed by atoms with Gasteiger partial charge in [0.25, 0.3) is 0 Å². The molecule has 2 aliphatic heterocycles. The Morgan fingerprint density at radius 1 is 0.938 bits per heavy atom. The molecular formula is C24H29N3O5. The molecule has 0 unspecified atom stereocenters. The summed E-state index contributed by atoms with van der Waals surface area (Å²) in [6.45, 7) is 3.75. The molecule has 8 nitrogen and oxygen atoms in total. The molecular weight excluding hydrogens is 410 g/mol. The molecule has 1 saturated heterocycles. The molecule has 1 atom stereocenters. The maximum atomic E-state index is 12.4. The molecule has 2 aromatic rings. The summed E-state index contributed by atoms with van der Waals surface area (Å²) in [5.41, 5.74) is 2.21. The van der Waals surface area contributed by atoms with E-state index in [1.54, 1.807) is 0 Å². The molecule has 2 heterocycles. The van der Waals surface area contributed by atoms with Gasteiger partial charge < -0.3 is 24.8 Å². The van der Waals surface area contributed by atoms with Crippen molar-refractivity contribution in [2.75, 3.05) is 46.2 Å². The third kappa shape index (κ3) is 5.77. The zero-order valence-corrected chi connectivity index (χ0v) is 18.0. The summed E-state index contributed by atoms with van der Waals surface area (Å²) in [6, 6.07) is 15.8. The average Bonchev–Trinajstić information content (AvgIpc) is 3.31. The van der Waals surface area contributed by atoms with Crippen molar-refractivity contribution in [2.24, 2.45) is 0 Å². The van der Waals surface area contributed by atoms with Crippen molar-refractivity contribution in [1.82, 2.24) is 15.5 Å². The minimum Gasteiger partial charge on any atom is -0.454 e. The number of hydrogen-bond acceptors (Lipinski definition) is 6. The molecule has 4 rings (SSSR count). The summed E-state index contributed by atoms with van der Waals surface area (Å²) in [5.74, 6) is 0.185. The number of benzene rings is 2. The molecule has 2 aromatic carbocycles. The Labute approximate surface area is 187 Å². The van der Waals surface area contributed by atoms with E-state index in [1.807, 2.05) is 36.4 Å². The van der Waals surface area contributed by atoms with Gasteiger partial charge in [-0.1, -0.05) is 36.4 Å². The van der Waals surface area contributed by atoms with E-state index in [2.05, 4.69) is 27.7 Å². The van der Waals surface area contributed by atoms with Crippen molar-refractivity contribution in [1.29, 1.82) is 0 Å². The van der Waals surface area contributed by atoms with Crippen LogP contribution < -0.4 is 20.1 Å². The van der Waals surface area contributed by atoms with Crippen molar-refractivity contribution in [3.8, 4) is 11.5 Å². The van der Waals surface area contributed by atoms with Crippen molar-refractivity contribution in [3.63, 3.8) is 0 Å². The fraction of sp³-hybridized carbons (Fsp3) is 0.417. The first-order valence-electron chi connectivity index (χ1n) is 11.0. The smallest absolute Gasteiger partial charge is 0.309 e. The second-order valence-electron chi connectivity index (χ2n) is 7.83. The summed E-state index contributed by atoms with van der Waals surface area (Å²) in [6.07, 6.45) is 1.63. The van der Waals surface area contributed by atoms with E-state index < -0.39 is 11.8 Å². The average molecular weight is 440 g/mol. The molecule has 0 aromatic heterocycles. The summed E-state index contributed by atoms with van der Waals surface area (Å²) in [7, 11) is 0. The first kappa shape index (κ1) is 22.1. The molecule has 0 radical (unpaired) electrons. The van der Waals surface area contributed by atoms with Gasteiger partial charge in [-0.05, 0) is 36.1 Å². The second-order valence-corrected chi connectivity index (χ2v) is 7.83. The number of rotatable bonds is 8. The van der Waals surface area contributed by atoms with Crippen LogP contribution in [0, 0.1) is 0 Å². The van der Waals surface area contributed by atoms with Gasteiger partial charge >= 0.3 is 11.8 Å². The number of amides is 2. The Balaban J connectivity index is 1.30. The van der Waals surface area contributed by atoms with Gasteiger partial charge in [-0.15, -0.1) is 0 Å². The fourth-order valence-electron chi connectivity index (χ4n) is 3.96. The van der Waals surface area contributed by atoms with Gasteiger partial charge in [-0.2, -0.15) is 0 Å². The first-order chi connectivity index (χ1) is 15.7. The highest BCUT2D eigenvalue weighted by Gasteiger charge is 2.26. The van der Waals surface area contributed by atoms with Crippen molar-refractivity contribution >= 4 is 11.8 Å². The van der Waals surface area contributed by atoms with E-state index in [-0.39, 0.29) is 12.8 Å². The largest absolute Gasteiger partial charge is 0.454 e. The Morgan fingerprint density at radius 3 is 2.50 bits per heavy atom. The molecule has 32 heavy (non-hydrogen) atoms. The number of carbonyl (C=O) groups is 2. The van der Waals surface area contributed by atoms with E-state index in [0.29, 0.717) is 37.8 Å². The monoisotopic (exact) mass is 439 g/mol. The van der Waals surface area contributed by atoms with Gasteiger partial charge in [-0.3, -0.25) is 14.5 Å². The van der Waals surface area contributed by atoms with Crippen LogP contribution in [-0.2, 0) is 20.7 Å². The molecule has 8 heteroatoms. The lowest BCUT2D eigenvalue weighted by Gasteiger charge is -2.34. The molecule has 170 valence electrons. The normalized spacial score (nSPS) is 16.4. The van der Waals surface area contributed by atoms with Gasteiger partial charge in [0.1, 0.15) is 0 Å². The number of carbonyl (C=O) groups excluding carboxylic acids is 2. The fourth-order valence-corrected chi connectivity index (χ4v) is 3.96. The van der Waals surface area contributed by atoms with E-state index >= 15 is 0 Å². The summed E-state index contributed by atoms with van der Waals surface area (Å²) < 4.78 is 16.4. The molecule has 2 aliphatic rings. The summed E-state index contributed by atoms with van der Waals surface area (Å²) >= 11 is 0. The molecule has 0 saturated carbocycles. The molecule has 0 aliphatic carbocycles. The predicted octanol–water partition coefficient (Wildman–Crippen LogP) is 1.65. The Kier molecular flexibility index (Phi) is 7.58. The number of morpholine rings is 1. The lowest BCUT2D eigenvalue weighted by atomic mass is 10.0. The highest BCUT2D eigenvalue weighted by atomic mass is 16.7. The Hall–Kier alpha value is -3.10. The Morgan fingerprint density at radius 2 is 1.69 bits per heavy atom. The van der Waals surface area contributed by atoms with Gasteiger partial charge in [0.05, 0.1) is 19.3 Å². The van der Waals surface area contributed by atoms with Crippen molar-refractivity contribution < 1.29 is 23.8 Å². The number of nitrogens with one attached hydrogen (secondary N) is 2. The van der Waals surface area contributed by atoms with E-state index in [0.717, 1.165) is 31.5 Å². The summed E-state index contributed by atoms with van der Waals surface area (Å²) in [4.78, 5) is 26.9. The SMILES string of the molecule is O=C(NCCCc1ccccc1)C(=O)NC[C@H](c1ccc2c(c1)OCO2)N1CCOCC1. The zero-order valence-electron chi connectivity index (χ0n) is 18.0. The number of aryl methyl sites for hydroxylation is 1. The van der Waals surface area contributed by atoms with Crippen LogP contribution in [0.4, 0.5) is 0 Å². The van der Waals surface area contributed by atoms with Crippen LogP contribution in [0.5, 0.6) is 11.5 Å². The lowest BCUT2D eigenvalue weighted by Crippen LogP contribution is -2.46. The standard InChI is InChI=1S/C24H29N3O5/c28-23(25-10-4-7-18-5-2-1-3-6-18)24(29)26-16-20(27-11-13-30-14-12-27)19-8-9-21-22(15-19)32-17-31-21/h1-3,5-6,8-9,15,20H,4,7,10-14,16-17H2,(H,25,28)(H,26,29)/t20-/m1/s1. The maximum Gasteiger partial charge on any atom is 0.309 e. The van der Waals surface area contributed by atoms with Crippen molar-refractivity contribution in [2.45, 2.75) is 18.9 Å². The highest BCUT2D eigenvalue weighted by Crippen LogP contribution is 2.35. The molecule has 0 bridgehead atoms. The van der Waals surface area contributed by atoms with Gasteiger partial charge in [0.15, 0.2) is 11.5 Å². The molecule has 2 amide bonds. The number of nitrogens with zero attached hydrogens (tertiary/aromatic N) is 1. The molecule has 2 N–H and O–H groups in total. The van der Waals surface area contributed by atoms with Crippen LogP contribution >= 0.6 is 0 Å². The third-order valence-corrected chi connectivity index (χ3v) is 5.70. The lowest BCUT2D eigenvalue weighted by molar-refractivity contribution is -0.139. The zero-order chi connectivity index (χ0) is 22.2. The van der Waals surface area contributed by atoms with Crippen LogP contribution in [0.15, 0.2) is 48.5 Å².